The molecule has 0 spiro atoms. The van der Waals surface area contributed by atoms with Crippen molar-refractivity contribution in [2.45, 2.75) is 12.1 Å². The summed E-state index contributed by atoms with van der Waals surface area (Å²) in [7, 11) is 1.80. The Labute approximate surface area is 129 Å². The number of benzene rings is 2. The van der Waals surface area contributed by atoms with Gasteiger partial charge in [0.25, 0.3) is 0 Å². The third-order valence-corrected chi connectivity index (χ3v) is 3.90. The number of halogens is 1. The highest BCUT2D eigenvalue weighted by Crippen LogP contribution is 2.28. The van der Waals surface area contributed by atoms with Crippen LogP contribution in [0.4, 0.5) is 4.39 Å². The van der Waals surface area contributed by atoms with Crippen LogP contribution in [0.1, 0.15) is 11.6 Å². The van der Waals surface area contributed by atoms with E-state index < -0.39 is 6.10 Å². The maximum Gasteiger partial charge on any atom is 0.125 e. The first-order valence-corrected chi connectivity index (χ1v) is 7.34. The number of aliphatic hydroxyl groups excluding tert-OH is 1. The second-order valence-corrected chi connectivity index (χ2v) is 5.41. The number of nitrogens with one attached hydrogen (secondary N) is 1. The van der Waals surface area contributed by atoms with Gasteiger partial charge >= 0.3 is 0 Å². The van der Waals surface area contributed by atoms with Crippen molar-refractivity contribution in [3.8, 4) is 0 Å². The second kappa shape index (κ2) is 6.30. The number of aromatic nitrogens is 1. The fourth-order valence-electron chi connectivity index (χ4n) is 2.90. The van der Waals surface area contributed by atoms with Crippen molar-refractivity contribution in [3.63, 3.8) is 0 Å². The van der Waals surface area contributed by atoms with Crippen LogP contribution in [0.5, 0.6) is 0 Å². The zero-order valence-corrected chi connectivity index (χ0v) is 12.4. The first-order valence-electron chi connectivity index (χ1n) is 7.34. The van der Waals surface area contributed by atoms with Crippen LogP contribution in [-0.2, 0) is 0 Å². The van der Waals surface area contributed by atoms with Gasteiger partial charge in [-0.25, -0.2) is 4.39 Å². The number of fused-ring (bicyclic) bond motifs is 1. The summed E-state index contributed by atoms with van der Waals surface area (Å²) in [5, 5.41) is 14.5. The van der Waals surface area contributed by atoms with Gasteiger partial charge in [0.15, 0.2) is 0 Å². The zero-order valence-electron chi connectivity index (χ0n) is 12.4. The van der Waals surface area contributed by atoms with Gasteiger partial charge < -0.3 is 15.0 Å². The zero-order chi connectivity index (χ0) is 15.5. The number of hydrogen-bond donors (Lipinski definition) is 2. The Morgan fingerprint density at radius 3 is 2.64 bits per heavy atom. The summed E-state index contributed by atoms with van der Waals surface area (Å²) < 4.78 is 15.6. The van der Waals surface area contributed by atoms with E-state index in [0.29, 0.717) is 6.54 Å². The van der Waals surface area contributed by atoms with Crippen molar-refractivity contribution in [3.05, 3.63) is 72.2 Å². The van der Waals surface area contributed by atoms with Crippen LogP contribution in [0, 0.1) is 5.82 Å². The monoisotopic (exact) mass is 298 g/mol. The van der Waals surface area contributed by atoms with Crippen LogP contribution in [0.25, 0.3) is 10.9 Å². The van der Waals surface area contributed by atoms with Crippen LogP contribution >= 0.6 is 0 Å². The Hall–Kier alpha value is -2.17. The minimum absolute atomic E-state index is 0.270. The summed E-state index contributed by atoms with van der Waals surface area (Å²) in [6.07, 6.45) is 1.28. The molecule has 0 unspecified atom stereocenters. The maximum absolute atomic E-state index is 13.6. The summed E-state index contributed by atoms with van der Waals surface area (Å²) in [6.45, 7) is 0.453. The Kier molecular flexibility index (Phi) is 4.22. The van der Waals surface area contributed by atoms with Gasteiger partial charge in [0, 0.05) is 12.7 Å². The molecule has 22 heavy (non-hydrogen) atoms. The van der Waals surface area contributed by atoms with Crippen LogP contribution in [0.15, 0.2) is 60.8 Å². The Morgan fingerprint density at radius 1 is 1.14 bits per heavy atom. The molecule has 0 amide bonds. The summed E-state index contributed by atoms with van der Waals surface area (Å²) in [6, 6.07) is 16.2. The minimum Gasteiger partial charge on any atom is -0.389 e. The third kappa shape index (κ3) is 2.75. The van der Waals surface area contributed by atoms with Crippen molar-refractivity contribution in [1.29, 1.82) is 0 Å². The van der Waals surface area contributed by atoms with Crippen molar-refractivity contribution in [1.82, 2.24) is 9.88 Å². The lowest BCUT2D eigenvalue weighted by Gasteiger charge is -2.26. The quantitative estimate of drug-likeness (QED) is 0.760. The summed E-state index contributed by atoms with van der Waals surface area (Å²) >= 11 is 0. The molecule has 3 aromatic rings. The Bertz CT molecular complexity index is 754. The van der Waals surface area contributed by atoms with E-state index >= 15 is 0 Å². The van der Waals surface area contributed by atoms with E-state index in [9.17, 15) is 9.50 Å². The van der Waals surface area contributed by atoms with Crippen molar-refractivity contribution in [2.24, 2.45) is 0 Å². The summed E-state index contributed by atoms with van der Waals surface area (Å²) in [5.41, 5.74) is 1.77. The standard InChI is InChI=1S/C18H19FN2O/c1-20-12-17(22)18(14-5-3-2-4-6-14)21-10-9-13-7-8-15(19)11-16(13)21/h2-11,17-18,20,22H,12H2,1H3/t17-,18+/m1/s1. The highest BCUT2D eigenvalue weighted by atomic mass is 19.1. The summed E-state index contributed by atoms with van der Waals surface area (Å²) in [4.78, 5) is 0. The molecule has 0 bridgehead atoms. The molecular formula is C18H19FN2O. The average Bonchev–Trinajstić information content (AvgIpc) is 2.92. The molecule has 1 heterocycles. The average molecular weight is 298 g/mol. The van der Waals surface area contributed by atoms with Crippen LogP contribution < -0.4 is 5.32 Å². The van der Waals surface area contributed by atoms with E-state index in [2.05, 4.69) is 5.32 Å². The lowest BCUT2D eigenvalue weighted by Crippen LogP contribution is -2.33. The normalized spacial score (nSPS) is 14.1. The predicted octanol–water partition coefficient (Wildman–Crippen LogP) is 2.95. The molecule has 0 aliphatic rings. The van der Waals surface area contributed by atoms with E-state index in [1.807, 2.05) is 47.2 Å². The molecule has 3 nitrogen and oxygen atoms in total. The fraction of sp³-hybridized carbons (Fsp3) is 0.222. The summed E-state index contributed by atoms with van der Waals surface area (Å²) in [5.74, 6) is -0.276. The predicted molar refractivity (Wildman–Crippen MR) is 86.4 cm³/mol. The lowest BCUT2D eigenvalue weighted by atomic mass is 10.0. The van der Waals surface area contributed by atoms with Crippen molar-refractivity contribution >= 4 is 10.9 Å². The van der Waals surface area contributed by atoms with E-state index in [1.54, 1.807) is 13.1 Å². The molecule has 0 aliphatic heterocycles. The van der Waals surface area contributed by atoms with Gasteiger partial charge in [0.05, 0.1) is 17.7 Å². The number of nitrogens with zero attached hydrogens (tertiary/aromatic N) is 1. The lowest BCUT2D eigenvalue weighted by molar-refractivity contribution is 0.132. The van der Waals surface area contributed by atoms with Gasteiger partial charge in [-0.1, -0.05) is 30.3 Å². The van der Waals surface area contributed by atoms with Crippen LogP contribution in [0.2, 0.25) is 0 Å². The largest absolute Gasteiger partial charge is 0.389 e. The van der Waals surface area contributed by atoms with Gasteiger partial charge in [0.2, 0.25) is 0 Å². The molecule has 4 heteroatoms. The van der Waals surface area contributed by atoms with E-state index in [1.165, 1.54) is 12.1 Å². The molecule has 0 aliphatic carbocycles. The third-order valence-electron chi connectivity index (χ3n) is 3.90. The maximum atomic E-state index is 13.6. The number of likely N-dealkylation sites (N-methyl/N-ethyl adjacent to an activating group) is 1. The smallest absolute Gasteiger partial charge is 0.125 e. The first-order chi connectivity index (χ1) is 10.7. The van der Waals surface area contributed by atoms with E-state index in [4.69, 9.17) is 0 Å². The molecule has 0 fully saturated rings. The molecule has 1 aromatic heterocycles. The highest BCUT2D eigenvalue weighted by Gasteiger charge is 2.23. The van der Waals surface area contributed by atoms with Crippen molar-refractivity contribution in [2.75, 3.05) is 13.6 Å². The van der Waals surface area contributed by atoms with Gasteiger partial charge in [0.1, 0.15) is 5.82 Å². The van der Waals surface area contributed by atoms with Gasteiger partial charge in [-0.05, 0) is 42.3 Å². The Balaban J connectivity index is 2.13. The number of hydrogen-bond acceptors (Lipinski definition) is 2. The number of aliphatic hydroxyl groups is 1. The van der Waals surface area contributed by atoms with E-state index in [-0.39, 0.29) is 11.9 Å². The van der Waals surface area contributed by atoms with Gasteiger partial charge in [-0.15, -0.1) is 0 Å². The van der Waals surface area contributed by atoms with Gasteiger partial charge in [-0.3, -0.25) is 0 Å². The SMILES string of the molecule is CNC[C@@H](O)[C@H](c1ccccc1)n1ccc2ccc(F)cc21. The molecule has 2 atom stereocenters. The topological polar surface area (TPSA) is 37.2 Å². The molecule has 114 valence electrons. The minimum atomic E-state index is -0.619. The van der Waals surface area contributed by atoms with Gasteiger partial charge in [-0.2, -0.15) is 0 Å². The number of rotatable bonds is 5. The molecule has 2 N–H and O–H groups in total. The van der Waals surface area contributed by atoms with E-state index in [0.717, 1.165) is 16.5 Å². The second-order valence-electron chi connectivity index (χ2n) is 5.41. The van der Waals surface area contributed by atoms with Crippen LogP contribution in [0.3, 0.4) is 0 Å². The van der Waals surface area contributed by atoms with Crippen molar-refractivity contribution < 1.29 is 9.50 Å². The van der Waals surface area contributed by atoms with Crippen LogP contribution in [-0.4, -0.2) is 29.4 Å². The Morgan fingerprint density at radius 2 is 1.91 bits per heavy atom. The molecule has 0 saturated heterocycles. The molecule has 3 rings (SSSR count). The molecule has 0 saturated carbocycles. The molecule has 2 aromatic carbocycles. The molecule has 0 radical (unpaired) electrons. The molecular weight excluding hydrogens is 279 g/mol. The first kappa shape index (κ1) is 14.8. The highest BCUT2D eigenvalue weighted by molar-refractivity contribution is 5.80. The fourth-order valence-corrected chi connectivity index (χ4v) is 2.90.